The van der Waals surface area contributed by atoms with Crippen LogP contribution in [0.1, 0.15) is 22.5 Å². The normalized spacial score (nSPS) is 13.7. The highest BCUT2D eigenvalue weighted by Crippen LogP contribution is 2.28. The van der Waals surface area contributed by atoms with Gasteiger partial charge in [0.2, 0.25) is 0 Å². The maximum atomic E-state index is 11.9. The van der Waals surface area contributed by atoms with E-state index in [0.717, 1.165) is 17.0 Å². The van der Waals surface area contributed by atoms with Crippen LogP contribution in [0.15, 0.2) is 42.5 Å². The van der Waals surface area contributed by atoms with Crippen molar-refractivity contribution < 1.29 is 9.90 Å². The maximum absolute atomic E-state index is 11.9. The predicted molar refractivity (Wildman–Crippen MR) is 82.2 cm³/mol. The number of nitrogens with zero attached hydrogens (tertiary/aromatic N) is 1. The van der Waals surface area contributed by atoms with Gasteiger partial charge in [-0.2, -0.15) is 0 Å². The highest BCUT2D eigenvalue weighted by molar-refractivity contribution is 5.82. The number of carbonyl (C=O) groups is 1. The smallest absolute Gasteiger partial charge is 0.315 e. The minimum atomic E-state index is -1.14. The van der Waals surface area contributed by atoms with Gasteiger partial charge in [0.1, 0.15) is 5.41 Å². The lowest BCUT2D eigenvalue weighted by Crippen LogP contribution is -2.45. The summed E-state index contributed by atoms with van der Waals surface area (Å²) in [5, 5.41) is 9.77. The number of carboxylic acid groups (broad SMARTS) is 1. The summed E-state index contributed by atoms with van der Waals surface area (Å²) in [5.74, 6) is -0.919. The van der Waals surface area contributed by atoms with Crippen molar-refractivity contribution in [3.05, 3.63) is 65.0 Å². The summed E-state index contributed by atoms with van der Waals surface area (Å²) in [4.78, 5) is 16.3. The van der Waals surface area contributed by atoms with Gasteiger partial charge >= 0.3 is 5.97 Å². The molecular weight excluding hydrogens is 264 g/mol. The van der Waals surface area contributed by atoms with E-state index in [1.807, 2.05) is 56.3 Å². The number of hydrogen-bond acceptors (Lipinski definition) is 3. The summed E-state index contributed by atoms with van der Waals surface area (Å²) in [6, 6.07) is 13.1. The van der Waals surface area contributed by atoms with Crippen molar-refractivity contribution in [2.24, 2.45) is 5.73 Å². The summed E-state index contributed by atoms with van der Waals surface area (Å²) < 4.78 is 0. The van der Waals surface area contributed by atoms with Crippen LogP contribution in [0.4, 0.5) is 0 Å². The van der Waals surface area contributed by atoms with Crippen molar-refractivity contribution in [3.8, 4) is 0 Å². The molecule has 110 valence electrons. The van der Waals surface area contributed by atoms with E-state index in [-0.39, 0.29) is 13.0 Å². The van der Waals surface area contributed by atoms with Crippen LogP contribution in [0, 0.1) is 13.8 Å². The van der Waals surface area contributed by atoms with Crippen molar-refractivity contribution in [1.82, 2.24) is 4.98 Å². The Morgan fingerprint density at radius 2 is 1.86 bits per heavy atom. The third-order valence-corrected chi connectivity index (χ3v) is 3.79. The zero-order valence-electron chi connectivity index (χ0n) is 12.3. The quantitative estimate of drug-likeness (QED) is 0.882. The second-order valence-corrected chi connectivity index (χ2v) is 5.40. The molecule has 21 heavy (non-hydrogen) atoms. The monoisotopic (exact) mass is 284 g/mol. The average molecular weight is 284 g/mol. The Labute approximate surface area is 124 Å². The van der Waals surface area contributed by atoms with Crippen LogP contribution in [-0.2, 0) is 16.6 Å². The largest absolute Gasteiger partial charge is 0.481 e. The molecule has 0 aliphatic carbocycles. The molecular formula is C17H20N2O2. The molecule has 4 heteroatoms. The molecule has 2 rings (SSSR count). The van der Waals surface area contributed by atoms with E-state index in [4.69, 9.17) is 5.73 Å². The van der Waals surface area contributed by atoms with Crippen LogP contribution >= 0.6 is 0 Å². The van der Waals surface area contributed by atoms with Crippen LogP contribution < -0.4 is 5.73 Å². The Balaban J connectivity index is 2.46. The Bertz CT molecular complexity index is 637. The summed E-state index contributed by atoms with van der Waals surface area (Å²) >= 11 is 0. The first-order valence-electron chi connectivity index (χ1n) is 6.91. The lowest BCUT2D eigenvalue weighted by atomic mass is 9.76. The predicted octanol–water partition coefficient (Wildman–Crippen LogP) is 2.22. The molecule has 1 aromatic heterocycles. The van der Waals surface area contributed by atoms with Gasteiger partial charge in [0.15, 0.2) is 0 Å². The number of hydrogen-bond donors (Lipinski definition) is 2. The summed E-state index contributed by atoms with van der Waals surface area (Å²) in [7, 11) is 0. The van der Waals surface area contributed by atoms with E-state index in [2.05, 4.69) is 4.98 Å². The second-order valence-electron chi connectivity index (χ2n) is 5.40. The fourth-order valence-electron chi connectivity index (χ4n) is 2.46. The molecule has 1 aromatic carbocycles. The van der Waals surface area contributed by atoms with Crippen molar-refractivity contribution in [2.45, 2.75) is 25.7 Å². The second kappa shape index (κ2) is 6.06. The van der Waals surface area contributed by atoms with E-state index in [9.17, 15) is 9.90 Å². The Hall–Kier alpha value is -2.20. The Morgan fingerprint density at radius 1 is 1.19 bits per heavy atom. The molecule has 0 saturated heterocycles. The molecule has 0 bridgehead atoms. The van der Waals surface area contributed by atoms with Crippen LogP contribution in [0.5, 0.6) is 0 Å². The molecule has 1 heterocycles. The average Bonchev–Trinajstić information content (AvgIpc) is 2.45. The number of pyridine rings is 1. The molecule has 0 spiro atoms. The zero-order chi connectivity index (χ0) is 15.5. The van der Waals surface area contributed by atoms with Gasteiger partial charge in [-0.05, 0) is 31.5 Å². The molecule has 4 nitrogen and oxygen atoms in total. The van der Waals surface area contributed by atoms with Gasteiger partial charge in [0, 0.05) is 24.4 Å². The first-order valence-corrected chi connectivity index (χ1v) is 6.91. The van der Waals surface area contributed by atoms with E-state index in [1.165, 1.54) is 0 Å². The number of carboxylic acids is 1. The Morgan fingerprint density at radius 3 is 2.38 bits per heavy atom. The van der Waals surface area contributed by atoms with Crippen molar-refractivity contribution in [1.29, 1.82) is 0 Å². The third kappa shape index (κ3) is 3.11. The van der Waals surface area contributed by atoms with Crippen molar-refractivity contribution in [2.75, 3.05) is 6.54 Å². The minimum absolute atomic E-state index is 0.0288. The molecule has 0 fully saturated rings. The molecule has 0 aliphatic heterocycles. The van der Waals surface area contributed by atoms with E-state index < -0.39 is 11.4 Å². The summed E-state index contributed by atoms with van der Waals surface area (Å²) in [5.41, 5.74) is 8.12. The molecule has 0 aliphatic rings. The molecule has 0 saturated carbocycles. The number of benzene rings is 1. The van der Waals surface area contributed by atoms with Gasteiger partial charge in [-0.25, -0.2) is 0 Å². The molecule has 1 unspecified atom stereocenters. The lowest BCUT2D eigenvalue weighted by molar-refractivity contribution is -0.143. The highest BCUT2D eigenvalue weighted by atomic mass is 16.4. The van der Waals surface area contributed by atoms with Crippen LogP contribution in [0.2, 0.25) is 0 Å². The number of nitrogens with two attached hydrogens (primary N) is 1. The maximum Gasteiger partial charge on any atom is 0.315 e. The zero-order valence-corrected chi connectivity index (χ0v) is 12.3. The van der Waals surface area contributed by atoms with Gasteiger partial charge in [-0.3, -0.25) is 9.78 Å². The summed E-state index contributed by atoms with van der Waals surface area (Å²) in [6.07, 6.45) is 0.281. The SMILES string of the molecule is Cc1ccc(C(CN)(Cc2cccc(C)n2)C(=O)O)cc1. The number of rotatable bonds is 5. The topological polar surface area (TPSA) is 76.2 Å². The molecule has 0 radical (unpaired) electrons. The standard InChI is InChI=1S/C17H20N2O2/c1-12-6-8-14(9-7-12)17(11-18,16(20)21)10-15-5-3-4-13(2)19-15/h3-9H,10-11,18H2,1-2H3,(H,20,21). The minimum Gasteiger partial charge on any atom is -0.481 e. The van der Waals surface area contributed by atoms with Gasteiger partial charge in [-0.15, -0.1) is 0 Å². The number of aryl methyl sites for hydroxylation is 2. The van der Waals surface area contributed by atoms with E-state index >= 15 is 0 Å². The van der Waals surface area contributed by atoms with E-state index in [1.54, 1.807) is 0 Å². The third-order valence-electron chi connectivity index (χ3n) is 3.79. The van der Waals surface area contributed by atoms with Crippen LogP contribution in [0.25, 0.3) is 0 Å². The first-order chi connectivity index (χ1) is 9.98. The first kappa shape index (κ1) is 15.2. The lowest BCUT2D eigenvalue weighted by Gasteiger charge is -2.28. The molecule has 1 atom stereocenters. The summed E-state index contributed by atoms with van der Waals surface area (Å²) in [6.45, 7) is 3.89. The van der Waals surface area contributed by atoms with Crippen LogP contribution in [0.3, 0.4) is 0 Å². The van der Waals surface area contributed by atoms with Crippen molar-refractivity contribution in [3.63, 3.8) is 0 Å². The van der Waals surface area contributed by atoms with Gasteiger partial charge in [-0.1, -0.05) is 35.9 Å². The van der Waals surface area contributed by atoms with Gasteiger partial charge in [0.25, 0.3) is 0 Å². The Kier molecular flexibility index (Phi) is 4.38. The van der Waals surface area contributed by atoms with Gasteiger partial charge < -0.3 is 10.8 Å². The fraction of sp³-hybridized carbons (Fsp3) is 0.294. The van der Waals surface area contributed by atoms with Crippen molar-refractivity contribution >= 4 is 5.97 Å². The molecule has 2 aromatic rings. The van der Waals surface area contributed by atoms with Crippen LogP contribution in [-0.4, -0.2) is 22.6 Å². The molecule has 0 amide bonds. The molecule has 3 N–H and O–H groups in total. The number of aliphatic carboxylic acids is 1. The fourth-order valence-corrected chi connectivity index (χ4v) is 2.46. The van der Waals surface area contributed by atoms with E-state index in [0.29, 0.717) is 5.56 Å². The highest BCUT2D eigenvalue weighted by Gasteiger charge is 2.39. The van der Waals surface area contributed by atoms with Gasteiger partial charge in [0.05, 0.1) is 0 Å². The number of aromatic nitrogens is 1.